The van der Waals surface area contributed by atoms with Crippen molar-refractivity contribution >= 4 is 5.97 Å². The molecule has 0 aliphatic carbocycles. The van der Waals surface area contributed by atoms with Gasteiger partial charge in [0.1, 0.15) is 0 Å². The van der Waals surface area contributed by atoms with Gasteiger partial charge in [-0.2, -0.15) is 0 Å². The van der Waals surface area contributed by atoms with Gasteiger partial charge in [0.05, 0.1) is 12.2 Å². The van der Waals surface area contributed by atoms with Gasteiger partial charge in [-0.05, 0) is 12.3 Å². The summed E-state index contributed by atoms with van der Waals surface area (Å²) in [6, 6.07) is 0. The SMILES string of the molecule is C=C(C(=O)OCC(CC)CCCC)C(N)(O)CN. The molecule has 18 heavy (non-hydrogen) atoms. The molecule has 0 heterocycles. The van der Waals surface area contributed by atoms with Gasteiger partial charge < -0.3 is 15.6 Å². The van der Waals surface area contributed by atoms with E-state index in [-0.39, 0.29) is 12.1 Å². The zero-order valence-corrected chi connectivity index (χ0v) is 11.4. The van der Waals surface area contributed by atoms with Gasteiger partial charge in [0.15, 0.2) is 5.72 Å². The van der Waals surface area contributed by atoms with Crippen molar-refractivity contribution in [2.45, 2.75) is 45.3 Å². The maximum absolute atomic E-state index is 11.6. The zero-order valence-electron chi connectivity index (χ0n) is 11.4. The van der Waals surface area contributed by atoms with Crippen molar-refractivity contribution in [1.82, 2.24) is 0 Å². The Bertz CT molecular complexity index is 277. The summed E-state index contributed by atoms with van der Waals surface area (Å²) in [5, 5.41) is 9.58. The smallest absolute Gasteiger partial charge is 0.337 e. The fraction of sp³-hybridized carbons (Fsp3) is 0.769. The molecule has 5 N–H and O–H groups in total. The molecule has 2 unspecified atom stereocenters. The molecule has 5 heteroatoms. The summed E-state index contributed by atoms with van der Waals surface area (Å²) in [4.78, 5) is 11.6. The van der Waals surface area contributed by atoms with Gasteiger partial charge >= 0.3 is 5.97 Å². The van der Waals surface area contributed by atoms with E-state index < -0.39 is 11.7 Å². The number of hydrogen-bond donors (Lipinski definition) is 3. The number of carbonyl (C=O) groups is 1. The minimum absolute atomic E-state index is 0.199. The monoisotopic (exact) mass is 258 g/mol. The second-order valence-corrected chi connectivity index (χ2v) is 4.62. The number of aliphatic hydroxyl groups is 1. The fourth-order valence-corrected chi connectivity index (χ4v) is 1.48. The third-order valence-corrected chi connectivity index (χ3v) is 3.07. The summed E-state index contributed by atoms with van der Waals surface area (Å²) in [5.41, 5.74) is 8.57. The number of carbonyl (C=O) groups excluding carboxylic acids is 1. The van der Waals surface area contributed by atoms with Gasteiger partial charge in [-0.25, -0.2) is 4.79 Å². The van der Waals surface area contributed by atoms with E-state index in [9.17, 15) is 9.90 Å². The highest BCUT2D eigenvalue weighted by Gasteiger charge is 2.29. The Morgan fingerprint density at radius 2 is 2.11 bits per heavy atom. The highest BCUT2D eigenvalue weighted by Crippen LogP contribution is 2.15. The average molecular weight is 258 g/mol. The quantitative estimate of drug-likeness (QED) is 0.324. The lowest BCUT2D eigenvalue weighted by Gasteiger charge is -2.23. The minimum Gasteiger partial charge on any atom is -0.462 e. The summed E-state index contributed by atoms with van der Waals surface area (Å²) in [5.74, 6) is -0.342. The van der Waals surface area contributed by atoms with E-state index in [1.807, 2.05) is 0 Å². The molecular formula is C13H26N2O3. The molecule has 0 bridgehead atoms. The summed E-state index contributed by atoms with van der Waals surface area (Å²) in [6.45, 7) is 7.67. The van der Waals surface area contributed by atoms with Crippen LogP contribution in [0.2, 0.25) is 0 Å². The molecule has 0 aromatic heterocycles. The molecule has 0 aliphatic rings. The van der Waals surface area contributed by atoms with Crippen molar-refractivity contribution in [2.75, 3.05) is 13.2 Å². The Morgan fingerprint density at radius 3 is 2.56 bits per heavy atom. The molecule has 0 spiro atoms. The van der Waals surface area contributed by atoms with Crippen LogP contribution in [0.3, 0.4) is 0 Å². The van der Waals surface area contributed by atoms with Crippen LogP contribution in [0.1, 0.15) is 39.5 Å². The average Bonchev–Trinajstić information content (AvgIpc) is 2.37. The summed E-state index contributed by atoms with van der Waals surface area (Å²) in [6.07, 6.45) is 4.20. The Morgan fingerprint density at radius 1 is 1.50 bits per heavy atom. The zero-order chi connectivity index (χ0) is 14.2. The maximum Gasteiger partial charge on any atom is 0.337 e. The molecule has 0 radical (unpaired) electrons. The highest BCUT2D eigenvalue weighted by molar-refractivity contribution is 5.89. The van der Waals surface area contributed by atoms with E-state index in [0.29, 0.717) is 12.5 Å². The largest absolute Gasteiger partial charge is 0.462 e. The molecule has 0 saturated carbocycles. The van der Waals surface area contributed by atoms with Crippen molar-refractivity contribution in [3.05, 3.63) is 12.2 Å². The van der Waals surface area contributed by atoms with Crippen molar-refractivity contribution in [2.24, 2.45) is 17.4 Å². The number of unbranched alkanes of at least 4 members (excludes halogenated alkanes) is 1. The first-order valence-electron chi connectivity index (χ1n) is 6.46. The van der Waals surface area contributed by atoms with Crippen LogP contribution >= 0.6 is 0 Å². The number of ether oxygens (including phenoxy) is 1. The minimum atomic E-state index is -1.89. The van der Waals surface area contributed by atoms with Crippen LogP contribution in [0.5, 0.6) is 0 Å². The summed E-state index contributed by atoms with van der Waals surface area (Å²) in [7, 11) is 0. The van der Waals surface area contributed by atoms with Crippen molar-refractivity contribution in [3.63, 3.8) is 0 Å². The molecule has 0 rings (SSSR count). The maximum atomic E-state index is 11.6. The lowest BCUT2D eigenvalue weighted by atomic mass is 10.0. The van der Waals surface area contributed by atoms with Crippen LogP contribution in [0.25, 0.3) is 0 Å². The Balaban J connectivity index is 4.20. The summed E-state index contributed by atoms with van der Waals surface area (Å²) < 4.78 is 5.11. The second-order valence-electron chi connectivity index (χ2n) is 4.62. The molecule has 0 aromatic rings. The first-order chi connectivity index (χ1) is 8.38. The van der Waals surface area contributed by atoms with Gasteiger partial charge in [-0.3, -0.25) is 5.73 Å². The van der Waals surface area contributed by atoms with Crippen LogP contribution in [0, 0.1) is 5.92 Å². The van der Waals surface area contributed by atoms with E-state index >= 15 is 0 Å². The number of hydrogen-bond acceptors (Lipinski definition) is 5. The molecule has 0 fully saturated rings. The third-order valence-electron chi connectivity index (χ3n) is 3.07. The van der Waals surface area contributed by atoms with Crippen LogP contribution < -0.4 is 11.5 Å². The molecule has 0 aromatic carbocycles. The lowest BCUT2D eigenvalue weighted by Crippen LogP contribution is -2.50. The van der Waals surface area contributed by atoms with E-state index in [4.69, 9.17) is 16.2 Å². The van der Waals surface area contributed by atoms with Crippen molar-refractivity contribution in [1.29, 1.82) is 0 Å². The summed E-state index contributed by atoms with van der Waals surface area (Å²) >= 11 is 0. The topological polar surface area (TPSA) is 98.6 Å². The van der Waals surface area contributed by atoms with Gasteiger partial charge in [-0.1, -0.05) is 39.7 Å². The van der Waals surface area contributed by atoms with Crippen LogP contribution in [0.4, 0.5) is 0 Å². The lowest BCUT2D eigenvalue weighted by molar-refractivity contribution is -0.142. The molecule has 0 aliphatic heterocycles. The predicted molar refractivity (Wildman–Crippen MR) is 71.6 cm³/mol. The predicted octanol–water partition coefficient (Wildman–Crippen LogP) is 0.908. The van der Waals surface area contributed by atoms with Gasteiger partial charge in [-0.15, -0.1) is 0 Å². The molecule has 106 valence electrons. The van der Waals surface area contributed by atoms with Crippen LogP contribution in [0.15, 0.2) is 12.2 Å². The third kappa shape index (κ3) is 5.62. The van der Waals surface area contributed by atoms with Crippen molar-refractivity contribution < 1.29 is 14.6 Å². The molecule has 0 saturated heterocycles. The van der Waals surface area contributed by atoms with Gasteiger partial charge in [0.2, 0.25) is 0 Å². The molecule has 0 amide bonds. The van der Waals surface area contributed by atoms with E-state index in [0.717, 1.165) is 25.7 Å². The van der Waals surface area contributed by atoms with Gasteiger partial charge in [0.25, 0.3) is 0 Å². The number of esters is 1. The normalized spacial score (nSPS) is 15.8. The molecular weight excluding hydrogens is 232 g/mol. The van der Waals surface area contributed by atoms with Crippen LogP contribution in [-0.2, 0) is 9.53 Å². The standard InChI is InChI=1S/C13H26N2O3/c1-4-6-7-11(5-2)8-18-12(16)10(3)13(15,17)9-14/h11,17H,3-9,14-15H2,1-2H3. The fourth-order valence-electron chi connectivity index (χ4n) is 1.48. The van der Waals surface area contributed by atoms with E-state index in [1.165, 1.54) is 0 Å². The number of nitrogens with two attached hydrogens (primary N) is 2. The van der Waals surface area contributed by atoms with Gasteiger partial charge in [0, 0.05) is 6.54 Å². The van der Waals surface area contributed by atoms with E-state index in [2.05, 4.69) is 20.4 Å². The Labute approximate surface area is 109 Å². The molecule has 2 atom stereocenters. The van der Waals surface area contributed by atoms with Crippen LogP contribution in [-0.4, -0.2) is 30.0 Å². The Kier molecular flexibility index (Phi) is 7.82. The Hall–Kier alpha value is -0.910. The first-order valence-corrected chi connectivity index (χ1v) is 6.46. The number of rotatable bonds is 9. The van der Waals surface area contributed by atoms with E-state index in [1.54, 1.807) is 0 Å². The second kappa shape index (κ2) is 8.24. The molecule has 5 nitrogen and oxygen atoms in total. The highest BCUT2D eigenvalue weighted by atomic mass is 16.5. The van der Waals surface area contributed by atoms with Crippen molar-refractivity contribution in [3.8, 4) is 0 Å². The first kappa shape index (κ1) is 17.1.